The lowest BCUT2D eigenvalue weighted by Crippen LogP contribution is -2.14. The van der Waals surface area contributed by atoms with Gasteiger partial charge in [0.15, 0.2) is 5.82 Å². The first kappa shape index (κ1) is 18.2. The SMILES string of the molecule is COc1ccc(NC(=O)CSc2ccc(-n3nccc3C)nn2)cc1Cl. The molecule has 0 saturated carbocycles. The average molecular weight is 390 g/mol. The van der Waals surface area contributed by atoms with Crippen LogP contribution in [0, 0.1) is 6.92 Å². The molecule has 134 valence electrons. The molecule has 1 amide bonds. The lowest BCUT2D eigenvalue weighted by molar-refractivity contribution is -0.113. The molecule has 0 saturated heterocycles. The maximum atomic E-state index is 12.1. The fourth-order valence-electron chi connectivity index (χ4n) is 2.19. The number of hydrogen-bond acceptors (Lipinski definition) is 6. The summed E-state index contributed by atoms with van der Waals surface area (Å²) in [6.07, 6.45) is 1.70. The van der Waals surface area contributed by atoms with Gasteiger partial charge in [0.1, 0.15) is 10.8 Å². The Morgan fingerprint density at radius 1 is 1.27 bits per heavy atom. The predicted octanol–water partition coefficient (Wildman–Crippen LogP) is 3.36. The van der Waals surface area contributed by atoms with Crippen LogP contribution in [0.4, 0.5) is 5.69 Å². The van der Waals surface area contributed by atoms with Crippen LogP contribution >= 0.6 is 23.4 Å². The monoisotopic (exact) mass is 389 g/mol. The van der Waals surface area contributed by atoms with Crippen molar-refractivity contribution in [3.05, 3.63) is 53.3 Å². The zero-order chi connectivity index (χ0) is 18.5. The second-order valence-electron chi connectivity index (χ2n) is 5.30. The van der Waals surface area contributed by atoms with Crippen LogP contribution in [0.1, 0.15) is 5.69 Å². The van der Waals surface area contributed by atoms with Crippen molar-refractivity contribution >= 4 is 35.0 Å². The molecule has 9 heteroatoms. The van der Waals surface area contributed by atoms with E-state index in [0.29, 0.717) is 27.3 Å². The molecule has 26 heavy (non-hydrogen) atoms. The first-order chi connectivity index (χ1) is 12.6. The number of thioether (sulfide) groups is 1. The van der Waals surface area contributed by atoms with Gasteiger partial charge in [-0.05, 0) is 43.3 Å². The summed E-state index contributed by atoms with van der Waals surface area (Å²) in [5.41, 5.74) is 1.58. The van der Waals surface area contributed by atoms with Crippen molar-refractivity contribution < 1.29 is 9.53 Å². The maximum absolute atomic E-state index is 12.1. The van der Waals surface area contributed by atoms with Gasteiger partial charge in [-0.1, -0.05) is 23.4 Å². The fourth-order valence-corrected chi connectivity index (χ4v) is 3.06. The predicted molar refractivity (Wildman–Crippen MR) is 101 cm³/mol. The molecular weight excluding hydrogens is 374 g/mol. The summed E-state index contributed by atoms with van der Waals surface area (Å²) in [4.78, 5) is 12.1. The Balaban J connectivity index is 1.56. The number of amides is 1. The van der Waals surface area contributed by atoms with E-state index in [1.807, 2.05) is 25.1 Å². The Hall–Kier alpha value is -2.58. The van der Waals surface area contributed by atoms with Crippen molar-refractivity contribution in [2.45, 2.75) is 11.9 Å². The number of ether oxygens (including phenoxy) is 1. The van der Waals surface area contributed by atoms with Gasteiger partial charge in [0.25, 0.3) is 0 Å². The highest BCUT2D eigenvalue weighted by molar-refractivity contribution is 7.99. The molecule has 0 unspecified atom stereocenters. The zero-order valence-electron chi connectivity index (χ0n) is 14.1. The van der Waals surface area contributed by atoms with Crippen LogP contribution in [-0.2, 0) is 4.79 Å². The number of anilines is 1. The second-order valence-corrected chi connectivity index (χ2v) is 6.70. The zero-order valence-corrected chi connectivity index (χ0v) is 15.7. The summed E-state index contributed by atoms with van der Waals surface area (Å²) >= 11 is 7.34. The third-order valence-corrected chi connectivity index (χ3v) is 4.68. The Morgan fingerprint density at radius 3 is 2.73 bits per heavy atom. The number of carbonyl (C=O) groups excluding carboxylic acids is 1. The van der Waals surface area contributed by atoms with E-state index in [9.17, 15) is 4.79 Å². The first-order valence-corrected chi connectivity index (χ1v) is 9.04. The summed E-state index contributed by atoms with van der Waals surface area (Å²) in [6.45, 7) is 1.94. The van der Waals surface area contributed by atoms with Gasteiger partial charge in [-0.25, -0.2) is 4.68 Å². The van der Waals surface area contributed by atoms with Crippen LogP contribution in [0.5, 0.6) is 5.75 Å². The minimum Gasteiger partial charge on any atom is -0.495 e. The molecule has 0 aliphatic heterocycles. The number of nitrogens with one attached hydrogen (secondary N) is 1. The van der Waals surface area contributed by atoms with Crippen LogP contribution in [0.25, 0.3) is 5.82 Å². The van der Waals surface area contributed by atoms with E-state index in [0.717, 1.165) is 5.69 Å². The Bertz CT molecular complexity index is 914. The van der Waals surface area contributed by atoms with E-state index >= 15 is 0 Å². The molecule has 0 aliphatic rings. The topological polar surface area (TPSA) is 81.9 Å². The number of rotatable bonds is 6. The largest absolute Gasteiger partial charge is 0.495 e. The third kappa shape index (κ3) is 4.33. The fraction of sp³-hybridized carbons (Fsp3) is 0.176. The minimum absolute atomic E-state index is 0.162. The Kier molecular flexibility index (Phi) is 5.75. The smallest absolute Gasteiger partial charge is 0.234 e. The average Bonchev–Trinajstić information content (AvgIpc) is 3.06. The Labute approximate surface area is 159 Å². The highest BCUT2D eigenvalue weighted by Crippen LogP contribution is 2.27. The van der Waals surface area contributed by atoms with Crippen LogP contribution in [0.3, 0.4) is 0 Å². The van der Waals surface area contributed by atoms with Crippen molar-refractivity contribution in [2.75, 3.05) is 18.2 Å². The molecule has 1 N–H and O–H groups in total. The minimum atomic E-state index is -0.162. The molecule has 0 fully saturated rings. The van der Waals surface area contributed by atoms with Crippen LogP contribution in [0.2, 0.25) is 5.02 Å². The Morgan fingerprint density at radius 2 is 2.12 bits per heavy atom. The van der Waals surface area contributed by atoms with E-state index in [-0.39, 0.29) is 11.7 Å². The number of nitrogens with zero attached hydrogens (tertiary/aromatic N) is 4. The van der Waals surface area contributed by atoms with E-state index in [2.05, 4.69) is 20.6 Å². The van der Waals surface area contributed by atoms with Gasteiger partial charge in [-0.2, -0.15) is 5.10 Å². The first-order valence-electron chi connectivity index (χ1n) is 7.68. The molecule has 1 aromatic carbocycles. The molecule has 7 nitrogen and oxygen atoms in total. The summed E-state index contributed by atoms with van der Waals surface area (Å²) in [5, 5.41) is 16.3. The van der Waals surface area contributed by atoms with Crippen molar-refractivity contribution in [3.63, 3.8) is 0 Å². The summed E-state index contributed by atoms with van der Waals surface area (Å²) in [7, 11) is 1.54. The van der Waals surface area contributed by atoms with Crippen LogP contribution in [0.15, 0.2) is 47.6 Å². The molecule has 2 aromatic heterocycles. The molecule has 0 atom stereocenters. The van der Waals surface area contributed by atoms with Crippen LogP contribution in [-0.4, -0.2) is 38.7 Å². The summed E-state index contributed by atoms with van der Waals surface area (Å²) in [5.74, 6) is 1.24. The standard InChI is InChI=1S/C17H16ClN5O2S/c1-11-7-8-19-23(11)15-5-6-17(22-21-15)26-10-16(24)20-12-3-4-14(25-2)13(18)9-12/h3-9H,10H2,1-2H3,(H,20,24). The summed E-state index contributed by atoms with van der Waals surface area (Å²) < 4.78 is 6.78. The molecule has 3 rings (SSSR count). The van der Waals surface area contributed by atoms with Gasteiger partial charge >= 0.3 is 0 Å². The molecule has 0 aliphatic carbocycles. The van der Waals surface area contributed by atoms with Crippen molar-refractivity contribution in [2.24, 2.45) is 0 Å². The van der Waals surface area contributed by atoms with Gasteiger partial charge in [0.05, 0.1) is 17.9 Å². The molecule has 2 heterocycles. The van der Waals surface area contributed by atoms with Crippen molar-refractivity contribution in [1.82, 2.24) is 20.0 Å². The van der Waals surface area contributed by atoms with E-state index in [1.54, 1.807) is 29.1 Å². The number of carbonyl (C=O) groups is 1. The quantitative estimate of drug-likeness (QED) is 0.651. The number of hydrogen-bond donors (Lipinski definition) is 1. The van der Waals surface area contributed by atoms with Crippen molar-refractivity contribution in [1.29, 1.82) is 0 Å². The molecule has 0 bridgehead atoms. The second kappa shape index (κ2) is 8.20. The molecule has 3 aromatic rings. The third-order valence-electron chi connectivity index (χ3n) is 3.46. The molecule has 0 spiro atoms. The van der Waals surface area contributed by atoms with E-state index < -0.39 is 0 Å². The number of methoxy groups -OCH3 is 1. The van der Waals surface area contributed by atoms with Crippen LogP contribution < -0.4 is 10.1 Å². The number of aromatic nitrogens is 4. The summed E-state index contributed by atoms with van der Waals surface area (Å²) in [6, 6.07) is 10.6. The molecule has 0 radical (unpaired) electrons. The number of aryl methyl sites for hydroxylation is 1. The van der Waals surface area contributed by atoms with Gasteiger partial charge in [-0.3, -0.25) is 4.79 Å². The lowest BCUT2D eigenvalue weighted by Gasteiger charge is -2.08. The molecular formula is C17H16ClN5O2S. The number of halogens is 1. The van der Waals surface area contributed by atoms with Crippen molar-refractivity contribution in [3.8, 4) is 11.6 Å². The van der Waals surface area contributed by atoms with Gasteiger partial charge < -0.3 is 10.1 Å². The lowest BCUT2D eigenvalue weighted by atomic mass is 10.3. The van der Waals surface area contributed by atoms with E-state index in [4.69, 9.17) is 16.3 Å². The van der Waals surface area contributed by atoms with Gasteiger partial charge in [0.2, 0.25) is 5.91 Å². The highest BCUT2D eigenvalue weighted by atomic mass is 35.5. The highest BCUT2D eigenvalue weighted by Gasteiger charge is 2.08. The van der Waals surface area contributed by atoms with Gasteiger partial charge in [0, 0.05) is 17.6 Å². The normalized spacial score (nSPS) is 10.6. The van der Waals surface area contributed by atoms with E-state index in [1.165, 1.54) is 18.9 Å². The van der Waals surface area contributed by atoms with Gasteiger partial charge in [-0.15, -0.1) is 10.2 Å². The number of benzene rings is 1. The maximum Gasteiger partial charge on any atom is 0.234 e.